The first kappa shape index (κ1) is 17.3. The van der Waals surface area contributed by atoms with Crippen LogP contribution < -0.4 is 15.4 Å². The summed E-state index contributed by atoms with van der Waals surface area (Å²) in [5.41, 5.74) is 2.28. The number of para-hydroxylation sites is 1. The maximum absolute atomic E-state index is 12.3. The van der Waals surface area contributed by atoms with Crippen molar-refractivity contribution in [1.29, 1.82) is 0 Å². The maximum atomic E-state index is 12.3. The second kappa shape index (κ2) is 7.56. The molecule has 1 aromatic carbocycles. The number of nitrogens with one attached hydrogen (secondary N) is 2. The number of hydrogen-bond donors (Lipinski definition) is 2. The number of fused-ring (bicyclic) bond motifs is 2. The van der Waals surface area contributed by atoms with Gasteiger partial charge in [-0.05, 0) is 63.5 Å². The highest BCUT2D eigenvalue weighted by molar-refractivity contribution is 5.76. The Morgan fingerprint density at radius 1 is 1.25 bits per heavy atom. The highest BCUT2D eigenvalue weighted by Crippen LogP contribution is 2.32. The van der Waals surface area contributed by atoms with E-state index in [0.717, 1.165) is 29.7 Å². The number of benzene rings is 1. The first-order chi connectivity index (χ1) is 11.5. The fraction of sp³-hybridized carbons (Fsp3) is 0.650. The molecule has 0 aromatic heterocycles. The predicted molar refractivity (Wildman–Crippen MR) is 96.3 cm³/mol. The third kappa shape index (κ3) is 4.29. The second-order valence-corrected chi connectivity index (χ2v) is 7.68. The number of ether oxygens (including phenoxy) is 1. The Labute approximate surface area is 145 Å². The molecule has 0 spiro atoms. The van der Waals surface area contributed by atoms with Gasteiger partial charge in [0.1, 0.15) is 12.4 Å². The van der Waals surface area contributed by atoms with Crippen LogP contribution in [0.15, 0.2) is 18.2 Å². The summed E-state index contributed by atoms with van der Waals surface area (Å²) in [6, 6.07) is 7.45. The monoisotopic (exact) mass is 330 g/mol. The molecule has 0 saturated carbocycles. The summed E-state index contributed by atoms with van der Waals surface area (Å²) in [4.78, 5) is 12.3. The summed E-state index contributed by atoms with van der Waals surface area (Å²) in [5, 5.41) is 6.73. The van der Waals surface area contributed by atoms with Crippen LogP contribution in [0, 0.1) is 19.8 Å². The number of rotatable bonds is 6. The van der Waals surface area contributed by atoms with Crippen LogP contribution in [0.4, 0.5) is 0 Å². The summed E-state index contributed by atoms with van der Waals surface area (Å²) >= 11 is 0. The van der Waals surface area contributed by atoms with Gasteiger partial charge in [0.15, 0.2) is 0 Å². The molecule has 2 aliphatic heterocycles. The lowest BCUT2D eigenvalue weighted by Gasteiger charge is -2.29. The van der Waals surface area contributed by atoms with Crippen LogP contribution in [0.3, 0.4) is 0 Å². The lowest BCUT2D eigenvalue weighted by Crippen LogP contribution is -2.42. The van der Waals surface area contributed by atoms with Gasteiger partial charge in [0.25, 0.3) is 0 Å². The van der Waals surface area contributed by atoms with Crippen molar-refractivity contribution in [2.24, 2.45) is 5.92 Å². The Balaban J connectivity index is 1.43. The molecular weight excluding hydrogens is 300 g/mol. The zero-order chi connectivity index (χ0) is 17.1. The van der Waals surface area contributed by atoms with Crippen molar-refractivity contribution in [2.75, 3.05) is 6.61 Å². The highest BCUT2D eigenvalue weighted by Gasteiger charge is 2.34. The van der Waals surface area contributed by atoms with Gasteiger partial charge in [-0.3, -0.25) is 4.79 Å². The molecule has 1 amide bonds. The van der Waals surface area contributed by atoms with Gasteiger partial charge in [0, 0.05) is 18.5 Å². The second-order valence-electron chi connectivity index (χ2n) is 7.68. The number of piperidine rings is 1. The summed E-state index contributed by atoms with van der Waals surface area (Å²) in [6.45, 7) is 6.63. The first-order valence-electron chi connectivity index (χ1n) is 9.25. The van der Waals surface area contributed by atoms with Crippen molar-refractivity contribution in [2.45, 2.75) is 71.0 Å². The van der Waals surface area contributed by atoms with E-state index < -0.39 is 0 Å². The Bertz CT molecular complexity index is 555. The maximum Gasteiger partial charge on any atom is 0.220 e. The van der Waals surface area contributed by atoms with Crippen LogP contribution in [-0.4, -0.2) is 30.6 Å². The molecule has 1 aromatic rings. The van der Waals surface area contributed by atoms with E-state index in [2.05, 4.69) is 36.6 Å². The van der Waals surface area contributed by atoms with Gasteiger partial charge in [-0.25, -0.2) is 0 Å². The molecule has 2 aliphatic rings. The molecule has 132 valence electrons. The molecule has 2 fully saturated rings. The van der Waals surface area contributed by atoms with E-state index in [0.29, 0.717) is 31.0 Å². The molecule has 4 heteroatoms. The Hall–Kier alpha value is -1.55. The van der Waals surface area contributed by atoms with E-state index in [9.17, 15) is 4.79 Å². The van der Waals surface area contributed by atoms with Gasteiger partial charge >= 0.3 is 0 Å². The van der Waals surface area contributed by atoms with E-state index >= 15 is 0 Å². The van der Waals surface area contributed by atoms with Crippen LogP contribution in [0.25, 0.3) is 0 Å². The molecule has 2 bridgehead atoms. The van der Waals surface area contributed by atoms with Crippen LogP contribution in [0.2, 0.25) is 0 Å². The van der Waals surface area contributed by atoms with Crippen molar-refractivity contribution in [3.8, 4) is 5.75 Å². The summed E-state index contributed by atoms with van der Waals surface area (Å²) < 4.78 is 5.94. The minimum absolute atomic E-state index is 0.0231. The smallest absolute Gasteiger partial charge is 0.220 e. The largest absolute Gasteiger partial charge is 0.491 e. The molecule has 3 atom stereocenters. The van der Waals surface area contributed by atoms with Crippen molar-refractivity contribution in [3.63, 3.8) is 0 Å². The molecule has 4 nitrogen and oxygen atoms in total. The SMILES string of the molecule is Cc1cccc(C)c1OCC(C)NC(=O)CC1CC2CCC(C1)N2. The summed E-state index contributed by atoms with van der Waals surface area (Å²) in [5.74, 6) is 1.64. The minimum Gasteiger partial charge on any atom is -0.491 e. The molecule has 24 heavy (non-hydrogen) atoms. The summed E-state index contributed by atoms with van der Waals surface area (Å²) in [7, 11) is 0. The quantitative estimate of drug-likeness (QED) is 0.843. The third-order valence-electron chi connectivity index (χ3n) is 5.34. The fourth-order valence-electron chi connectivity index (χ4n) is 4.21. The molecule has 3 rings (SSSR count). The predicted octanol–water partition coefficient (Wildman–Crippen LogP) is 3.11. The van der Waals surface area contributed by atoms with Gasteiger partial charge in [0.05, 0.1) is 6.04 Å². The molecule has 0 aliphatic carbocycles. The number of aryl methyl sites for hydroxylation is 2. The van der Waals surface area contributed by atoms with E-state index in [1.54, 1.807) is 0 Å². The average Bonchev–Trinajstić information content (AvgIpc) is 2.85. The first-order valence-corrected chi connectivity index (χ1v) is 9.25. The number of amides is 1. The number of hydrogen-bond acceptors (Lipinski definition) is 3. The van der Waals surface area contributed by atoms with Crippen molar-refractivity contribution in [3.05, 3.63) is 29.3 Å². The molecular formula is C20H30N2O2. The Morgan fingerprint density at radius 2 is 1.88 bits per heavy atom. The topological polar surface area (TPSA) is 50.4 Å². The molecule has 3 unspecified atom stereocenters. The molecule has 2 heterocycles. The molecule has 0 radical (unpaired) electrons. The van der Waals surface area contributed by atoms with E-state index in [4.69, 9.17) is 4.74 Å². The normalized spacial score (nSPS) is 26.9. The van der Waals surface area contributed by atoms with Gasteiger partial charge < -0.3 is 15.4 Å². The molecule has 2 N–H and O–H groups in total. The van der Waals surface area contributed by atoms with Crippen LogP contribution in [-0.2, 0) is 4.79 Å². The van der Waals surface area contributed by atoms with E-state index in [1.807, 2.05) is 13.0 Å². The Kier molecular flexibility index (Phi) is 5.44. The standard InChI is InChI=1S/C20H30N2O2/c1-13-5-4-6-14(2)20(13)24-12-15(3)21-19(23)11-16-9-17-7-8-18(10-16)22-17/h4-6,15-18,22H,7-12H2,1-3H3,(H,21,23). The third-order valence-corrected chi connectivity index (χ3v) is 5.34. The zero-order valence-corrected chi connectivity index (χ0v) is 15.1. The van der Waals surface area contributed by atoms with Crippen molar-refractivity contribution < 1.29 is 9.53 Å². The van der Waals surface area contributed by atoms with Crippen molar-refractivity contribution in [1.82, 2.24) is 10.6 Å². The van der Waals surface area contributed by atoms with Crippen LogP contribution in [0.1, 0.15) is 50.2 Å². The van der Waals surface area contributed by atoms with E-state index in [1.165, 1.54) is 12.8 Å². The van der Waals surface area contributed by atoms with E-state index in [-0.39, 0.29) is 11.9 Å². The van der Waals surface area contributed by atoms with Gasteiger partial charge in [-0.15, -0.1) is 0 Å². The number of carbonyl (C=O) groups excluding carboxylic acids is 1. The van der Waals surface area contributed by atoms with Gasteiger partial charge in [0.2, 0.25) is 5.91 Å². The van der Waals surface area contributed by atoms with Crippen LogP contribution in [0.5, 0.6) is 5.75 Å². The van der Waals surface area contributed by atoms with Crippen LogP contribution >= 0.6 is 0 Å². The van der Waals surface area contributed by atoms with Crippen molar-refractivity contribution >= 4 is 5.91 Å². The lowest BCUT2D eigenvalue weighted by molar-refractivity contribution is -0.123. The van der Waals surface area contributed by atoms with Gasteiger partial charge in [-0.1, -0.05) is 18.2 Å². The van der Waals surface area contributed by atoms with Gasteiger partial charge in [-0.2, -0.15) is 0 Å². The number of carbonyl (C=O) groups is 1. The highest BCUT2D eigenvalue weighted by atomic mass is 16.5. The lowest BCUT2D eigenvalue weighted by atomic mass is 9.89. The minimum atomic E-state index is 0.0231. The molecule has 2 saturated heterocycles. The zero-order valence-electron chi connectivity index (χ0n) is 15.1. The summed E-state index contributed by atoms with van der Waals surface area (Å²) in [6.07, 6.45) is 5.52. The Morgan fingerprint density at radius 3 is 2.50 bits per heavy atom. The average molecular weight is 330 g/mol. The fourth-order valence-corrected chi connectivity index (χ4v) is 4.21.